The zero-order valence-corrected chi connectivity index (χ0v) is 19.0. The molecule has 31 heavy (non-hydrogen) atoms. The van der Waals surface area contributed by atoms with Gasteiger partial charge in [0.2, 0.25) is 5.91 Å². The molecule has 0 aliphatic rings. The molecule has 0 bridgehead atoms. The molecule has 0 radical (unpaired) electrons. The largest absolute Gasteiger partial charge is 0.343 e. The molecule has 0 N–H and O–H groups in total. The summed E-state index contributed by atoms with van der Waals surface area (Å²) >= 11 is 0. The Morgan fingerprint density at radius 3 is 1.71 bits per heavy atom. The summed E-state index contributed by atoms with van der Waals surface area (Å²) in [5.41, 5.74) is 7.53. The quantitative estimate of drug-likeness (QED) is 0.352. The molecule has 0 heterocycles. The molecule has 160 valence electrons. The number of aryl methyl sites for hydroxylation is 1. The van der Waals surface area contributed by atoms with Crippen LogP contribution in [-0.2, 0) is 11.2 Å². The van der Waals surface area contributed by atoms with Crippen molar-refractivity contribution in [3.63, 3.8) is 0 Å². The van der Waals surface area contributed by atoms with Crippen LogP contribution in [0.4, 0.5) is 0 Å². The first-order chi connectivity index (χ1) is 15.2. The highest BCUT2D eigenvalue weighted by molar-refractivity contribution is 5.98. The maximum absolute atomic E-state index is 12.3. The minimum atomic E-state index is 0.233. The van der Waals surface area contributed by atoms with E-state index in [4.69, 9.17) is 0 Å². The molecule has 0 unspecified atom stereocenters. The van der Waals surface area contributed by atoms with Crippen molar-refractivity contribution in [2.75, 3.05) is 13.1 Å². The molecule has 0 fully saturated rings. The Kier molecular flexibility index (Phi) is 8.23. The summed E-state index contributed by atoms with van der Waals surface area (Å²) in [5.74, 6) is 0.233. The predicted molar refractivity (Wildman–Crippen MR) is 132 cm³/mol. The van der Waals surface area contributed by atoms with Gasteiger partial charge < -0.3 is 4.90 Å². The van der Waals surface area contributed by atoms with Crippen molar-refractivity contribution < 1.29 is 4.79 Å². The average molecular weight is 412 g/mol. The second-order valence-corrected chi connectivity index (χ2v) is 7.70. The third kappa shape index (κ3) is 5.73. The molecular weight excluding hydrogens is 378 g/mol. The van der Waals surface area contributed by atoms with E-state index in [2.05, 4.69) is 91.9 Å². The van der Waals surface area contributed by atoms with E-state index in [1.54, 1.807) is 0 Å². The fourth-order valence-electron chi connectivity index (χ4n) is 4.11. The van der Waals surface area contributed by atoms with Gasteiger partial charge in [-0.2, -0.15) is 0 Å². The number of amides is 1. The molecule has 0 aromatic heterocycles. The van der Waals surface area contributed by atoms with Gasteiger partial charge >= 0.3 is 0 Å². The lowest BCUT2D eigenvalue weighted by molar-refractivity contribution is -0.130. The standard InChI is InChI=1S/C29H33NO/c1-4-27(24-13-9-7-10-14-24)29(25-15-11-8-12-16-25)26-20-17-23(18-21-26)19-22-28(31)30(5-2)6-3/h7-18,20-21H,4-6,19,22H2,1-3H3/b29-27-. The third-order valence-electron chi connectivity index (χ3n) is 5.83. The van der Waals surface area contributed by atoms with Crippen molar-refractivity contribution in [3.8, 4) is 0 Å². The Bertz CT molecular complexity index is 984. The van der Waals surface area contributed by atoms with Gasteiger partial charge in [-0.15, -0.1) is 0 Å². The lowest BCUT2D eigenvalue weighted by atomic mass is 9.88. The third-order valence-corrected chi connectivity index (χ3v) is 5.83. The fourth-order valence-corrected chi connectivity index (χ4v) is 4.11. The molecule has 0 spiro atoms. The summed E-state index contributed by atoms with van der Waals surface area (Å²) in [6.45, 7) is 7.84. The highest BCUT2D eigenvalue weighted by atomic mass is 16.2. The number of nitrogens with zero attached hydrogens (tertiary/aromatic N) is 1. The number of benzene rings is 3. The molecule has 3 aromatic carbocycles. The lowest BCUT2D eigenvalue weighted by Crippen LogP contribution is -2.30. The van der Waals surface area contributed by atoms with Crippen LogP contribution in [0.3, 0.4) is 0 Å². The highest BCUT2D eigenvalue weighted by Gasteiger charge is 2.13. The monoisotopic (exact) mass is 411 g/mol. The first kappa shape index (κ1) is 22.6. The van der Waals surface area contributed by atoms with Gasteiger partial charge in [-0.3, -0.25) is 4.79 Å². The molecule has 1 amide bonds. The van der Waals surface area contributed by atoms with Crippen LogP contribution >= 0.6 is 0 Å². The number of hydrogen-bond acceptors (Lipinski definition) is 1. The molecule has 0 atom stereocenters. The number of carbonyl (C=O) groups is 1. The van der Waals surface area contributed by atoms with E-state index >= 15 is 0 Å². The van der Waals surface area contributed by atoms with E-state index in [0.717, 1.165) is 25.9 Å². The van der Waals surface area contributed by atoms with Gasteiger partial charge in [0.25, 0.3) is 0 Å². The van der Waals surface area contributed by atoms with Gasteiger partial charge in [-0.05, 0) is 60.1 Å². The molecular formula is C29H33NO. The summed E-state index contributed by atoms with van der Waals surface area (Å²) < 4.78 is 0. The molecule has 0 aliphatic heterocycles. The van der Waals surface area contributed by atoms with Crippen LogP contribution in [0.15, 0.2) is 84.9 Å². The Morgan fingerprint density at radius 1 is 0.677 bits per heavy atom. The predicted octanol–water partition coefficient (Wildman–Crippen LogP) is 6.86. The first-order valence-electron chi connectivity index (χ1n) is 11.4. The smallest absolute Gasteiger partial charge is 0.222 e. The summed E-state index contributed by atoms with van der Waals surface area (Å²) in [6.07, 6.45) is 2.29. The maximum atomic E-state index is 12.3. The van der Waals surface area contributed by atoms with Gasteiger partial charge in [0.15, 0.2) is 0 Å². The van der Waals surface area contributed by atoms with E-state index in [1.807, 2.05) is 18.7 Å². The average Bonchev–Trinajstić information content (AvgIpc) is 2.83. The summed E-state index contributed by atoms with van der Waals surface area (Å²) in [7, 11) is 0. The number of carbonyl (C=O) groups excluding carboxylic acids is 1. The van der Waals surface area contributed by atoms with E-state index in [0.29, 0.717) is 6.42 Å². The zero-order valence-electron chi connectivity index (χ0n) is 19.0. The fraction of sp³-hybridized carbons (Fsp3) is 0.276. The Morgan fingerprint density at radius 2 is 1.19 bits per heavy atom. The molecule has 3 aromatic rings. The SMILES string of the molecule is CC/C(=C(\c1ccccc1)c1ccc(CCC(=O)N(CC)CC)cc1)c1ccccc1. The molecule has 0 saturated heterocycles. The van der Waals surface area contributed by atoms with Gasteiger partial charge in [-0.25, -0.2) is 0 Å². The van der Waals surface area contributed by atoms with Crippen molar-refractivity contribution in [3.05, 3.63) is 107 Å². The lowest BCUT2D eigenvalue weighted by Gasteiger charge is -2.19. The summed E-state index contributed by atoms with van der Waals surface area (Å²) in [5, 5.41) is 0. The van der Waals surface area contributed by atoms with E-state index in [1.165, 1.54) is 33.4 Å². The van der Waals surface area contributed by atoms with Crippen molar-refractivity contribution in [2.45, 2.75) is 40.0 Å². The number of hydrogen-bond donors (Lipinski definition) is 0. The van der Waals surface area contributed by atoms with Crippen LogP contribution in [0, 0.1) is 0 Å². The summed E-state index contributed by atoms with van der Waals surface area (Å²) in [4.78, 5) is 14.2. The maximum Gasteiger partial charge on any atom is 0.222 e. The van der Waals surface area contributed by atoms with Crippen LogP contribution in [-0.4, -0.2) is 23.9 Å². The van der Waals surface area contributed by atoms with Gasteiger partial charge in [0.05, 0.1) is 0 Å². The van der Waals surface area contributed by atoms with Crippen LogP contribution in [0.25, 0.3) is 11.1 Å². The summed E-state index contributed by atoms with van der Waals surface area (Å²) in [6, 6.07) is 30.0. The van der Waals surface area contributed by atoms with Crippen LogP contribution in [0.5, 0.6) is 0 Å². The van der Waals surface area contributed by atoms with E-state index < -0.39 is 0 Å². The van der Waals surface area contributed by atoms with Crippen molar-refractivity contribution in [1.29, 1.82) is 0 Å². The Labute approximate surface area is 187 Å². The van der Waals surface area contributed by atoms with Crippen molar-refractivity contribution in [2.24, 2.45) is 0 Å². The molecule has 0 aliphatic carbocycles. The van der Waals surface area contributed by atoms with E-state index in [-0.39, 0.29) is 5.91 Å². The minimum Gasteiger partial charge on any atom is -0.343 e. The number of rotatable bonds is 9. The zero-order chi connectivity index (χ0) is 22.1. The topological polar surface area (TPSA) is 20.3 Å². The van der Waals surface area contributed by atoms with Crippen LogP contribution in [0.2, 0.25) is 0 Å². The molecule has 3 rings (SSSR count). The second kappa shape index (κ2) is 11.3. The van der Waals surface area contributed by atoms with Gasteiger partial charge in [0.1, 0.15) is 0 Å². The Balaban J connectivity index is 1.92. The van der Waals surface area contributed by atoms with E-state index in [9.17, 15) is 4.79 Å². The molecule has 2 heteroatoms. The molecule has 2 nitrogen and oxygen atoms in total. The normalized spacial score (nSPS) is 11.7. The molecule has 0 saturated carbocycles. The van der Waals surface area contributed by atoms with Crippen molar-refractivity contribution in [1.82, 2.24) is 4.90 Å². The van der Waals surface area contributed by atoms with Crippen LogP contribution < -0.4 is 0 Å². The van der Waals surface area contributed by atoms with Crippen molar-refractivity contribution >= 4 is 17.1 Å². The second-order valence-electron chi connectivity index (χ2n) is 7.70. The van der Waals surface area contributed by atoms with Gasteiger partial charge in [0, 0.05) is 19.5 Å². The Hall–Kier alpha value is -3.13. The first-order valence-corrected chi connectivity index (χ1v) is 11.4. The number of allylic oxidation sites excluding steroid dienone is 1. The highest BCUT2D eigenvalue weighted by Crippen LogP contribution is 2.34. The van der Waals surface area contributed by atoms with Crippen LogP contribution in [0.1, 0.15) is 55.9 Å². The van der Waals surface area contributed by atoms with Gasteiger partial charge in [-0.1, -0.05) is 91.9 Å². The minimum absolute atomic E-state index is 0.233.